The molecule has 0 saturated carbocycles. The van der Waals surface area contributed by atoms with Crippen LogP contribution in [0, 0.1) is 5.82 Å². The molecule has 0 heterocycles. The summed E-state index contributed by atoms with van der Waals surface area (Å²) >= 11 is 5.74. The summed E-state index contributed by atoms with van der Waals surface area (Å²) in [5.41, 5.74) is 0.0165. The van der Waals surface area contributed by atoms with Crippen LogP contribution in [0.1, 0.15) is 6.92 Å². The predicted molar refractivity (Wildman–Crippen MR) is 87.5 cm³/mol. The minimum absolute atomic E-state index is 0.0165. The van der Waals surface area contributed by atoms with Crippen molar-refractivity contribution in [3.8, 4) is 5.75 Å². The molecule has 1 amide bonds. The number of rotatable bonds is 6. The average molecular weight is 352 g/mol. The highest BCUT2D eigenvalue weighted by Gasteiger charge is 2.19. The molecule has 0 aliphatic carbocycles. The monoisotopic (exact) mass is 351 g/mol. The first kappa shape index (κ1) is 17.7. The Balaban J connectivity index is 1.81. The van der Waals surface area contributed by atoms with Gasteiger partial charge in [-0.25, -0.2) is 9.18 Å². The highest BCUT2D eigenvalue weighted by Crippen LogP contribution is 2.16. The van der Waals surface area contributed by atoms with Gasteiger partial charge in [0.15, 0.2) is 12.7 Å². The summed E-state index contributed by atoms with van der Waals surface area (Å²) in [5, 5.41) is 2.89. The van der Waals surface area contributed by atoms with Gasteiger partial charge in [0.25, 0.3) is 5.91 Å². The van der Waals surface area contributed by atoms with Crippen molar-refractivity contribution >= 4 is 29.2 Å². The van der Waals surface area contributed by atoms with E-state index in [0.29, 0.717) is 10.8 Å². The van der Waals surface area contributed by atoms with Gasteiger partial charge in [-0.1, -0.05) is 23.7 Å². The van der Waals surface area contributed by atoms with Crippen molar-refractivity contribution in [2.45, 2.75) is 13.0 Å². The maximum atomic E-state index is 13.5. The fourth-order valence-corrected chi connectivity index (χ4v) is 1.88. The Morgan fingerprint density at radius 1 is 1.17 bits per heavy atom. The zero-order chi connectivity index (χ0) is 17.5. The van der Waals surface area contributed by atoms with Gasteiger partial charge in [0, 0.05) is 5.02 Å². The molecule has 126 valence electrons. The third-order valence-electron chi connectivity index (χ3n) is 2.98. The summed E-state index contributed by atoms with van der Waals surface area (Å²) in [5.74, 6) is -1.49. The molecule has 7 heteroatoms. The average Bonchev–Trinajstić information content (AvgIpc) is 2.56. The highest BCUT2D eigenvalue weighted by atomic mass is 35.5. The second-order valence-electron chi connectivity index (χ2n) is 4.84. The minimum Gasteiger partial charge on any atom is -0.482 e. The fourth-order valence-electron chi connectivity index (χ4n) is 1.75. The molecule has 0 spiro atoms. The maximum Gasteiger partial charge on any atom is 0.344 e. The highest BCUT2D eigenvalue weighted by molar-refractivity contribution is 6.30. The van der Waals surface area contributed by atoms with Crippen molar-refractivity contribution in [3.63, 3.8) is 0 Å². The molecule has 0 unspecified atom stereocenters. The predicted octanol–water partition coefficient (Wildman–Crippen LogP) is 3.43. The van der Waals surface area contributed by atoms with E-state index in [9.17, 15) is 14.0 Å². The van der Waals surface area contributed by atoms with E-state index >= 15 is 0 Å². The van der Waals surface area contributed by atoms with Crippen molar-refractivity contribution < 1.29 is 23.5 Å². The summed E-state index contributed by atoms with van der Waals surface area (Å²) in [6.07, 6.45) is -1.09. The Kier molecular flexibility index (Phi) is 6.14. The van der Waals surface area contributed by atoms with Gasteiger partial charge < -0.3 is 14.8 Å². The minimum atomic E-state index is -1.09. The normalized spacial score (nSPS) is 11.5. The van der Waals surface area contributed by atoms with Gasteiger partial charge in [0.1, 0.15) is 11.6 Å². The molecule has 0 aliphatic rings. The molecular formula is C17H15ClFNO4. The van der Waals surface area contributed by atoms with Crippen molar-refractivity contribution in [1.29, 1.82) is 0 Å². The van der Waals surface area contributed by atoms with Crippen LogP contribution in [0.5, 0.6) is 5.75 Å². The third kappa shape index (κ3) is 5.24. The lowest BCUT2D eigenvalue weighted by Crippen LogP contribution is -2.31. The van der Waals surface area contributed by atoms with Crippen LogP contribution in [0.15, 0.2) is 48.5 Å². The van der Waals surface area contributed by atoms with E-state index < -0.39 is 23.8 Å². The molecule has 0 aliphatic heterocycles. The number of benzene rings is 2. The lowest BCUT2D eigenvalue weighted by atomic mass is 10.3. The number of nitrogens with one attached hydrogen (secondary N) is 1. The van der Waals surface area contributed by atoms with Crippen LogP contribution >= 0.6 is 11.6 Å². The van der Waals surface area contributed by atoms with E-state index in [1.165, 1.54) is 25.1 Å². The van der Waals surface area contributed by atoms with E-state index in [1.54, 1.807) is 30.3 Å². The van der Waals surface area contributed by atoms with Crippen molar-refractivity contribution in [2.75, 3.05) is 11.9 Å². The number of esters is 1. The molecule has 2 rings (SSSR count). The molecule has 0 saturated heterocycles. The van der Waals surface area contributed by atoms with Crippen LogP contribution in [0.2, 0.25) is 5.02 Å². The summed E-state index contributed by atoms with van der Waals surface area (Å²) in [4.78, 5) is 23.6. The topological polar surface area (TPSA) is 64.6 Å². The second kappa shape index (κ2) is 8.31. The van der Waals surface area contributed by atoms with E-state index in [0.717, 1.165) is 0 Å². The van der Waals surface area contributed by atoms with Crippen LogP contribution in [0.25, 0.3) is 0 Å². The number of hydrogen-bond acceptors (Lipinski definition) is 4. The van der Waals surface area contributed by atoms with Gasteiger partial charge in [0.2, 0.25) is 0 Å². The van der Waals surface area contributed by atoms with Gasteiger partial charge in [-0.05, 0) is 43.3 Å². The van der Waals surface area contributed by atoms with E-state index in [-0.39, 0.29) is 12.3 Å². The first-order valence-corrected chi connectivity index (χ1v) is 7.47. The second-order valence-corrected chi connectivity index (χ2v) is 5.28. The Morgan fingerprint density at radius 3 is 2.50 bits per heavy atom. The molecule has 2 aromatic carbocycles. The maximum absolute atomic E-state index is 13.5. The van der Waals surface area contributed by atoms with Crippen LogP contribution < -0.4 is 10.1 Å². The summed E-state index contributed by atoms with van der Waals surface area (Å²) in [6.45, 7) is 1.02. The molecule has 0 aromatic heterocycles. The quantitative estimate of drug-likeness (QED) is 0.810. The van der Waals surface area contributed by atoms with Crippen LogP contribution in [-0.4, -0.2) is 24.6 Å². The molecule has 5 nitrogen and oxygen atoms in total. The Hall–Kier alpha value is -2.60. The number of amides is 1. The fraction of sp³-hybridized carbons (Fsp3) is 0.176. The molecule has 0 bridgehead atoms. The first-order valence-electron chi connectivity index (χ1n) is 7.09. The molecule has 1 N–H and O–H groups in total. The lowest BCUT2D eigenvalue weighted by Gasteiger charge is -2.14. The number of hydrogen-bond donors (Lipinski definition) is 1. The summed E-state index contributed by atoms with van der Waals surface area (Å²) in [6, 6.07) is 12.1. The van der Waals surface area contributed by atoms with Gasteiger partial charge in [-0.3, -0.25) is 4.79 Å². The molecule has 24 heavy (non-hydrogen) atoms. The number of ether oxygens (including phenoxy) is 2. The smallest absolute Gasteiger partial charge is 0.344 e. The Morgan fingerprint density at radius 2 is 1.83 bits per heavy atom. The van der Waals surface area contributed by atoms with Gasteiger partial charge >= 0.3 is 5.97 Å². The van der Waals surface area contributed by atoms with Gasteiger partial charge in [-0.2, -0.15) is 0 Å². The van der Waals surface area contributed by atoms with Crippen LogP contribution in [-0.2, 0) is 14.3 Å². The van der Waals surface area contributed by atoms with Crippen LogP contribution in [0.3, 0.4) is 0 Å². The molecule has 2 aromatic rings. The van der Waals surface area contributed by atoms with Crippen molar-refractivity contribution in [1.82, 2.24) is 0 Å². The van der Waals surface area contributed by atoms with Gasteiger partial charge in [0.05, 0.1) is 5.69 Å². The molecule has 0 radical (unpaired) electrons. The Labute approximate surface area is 143 Å². The van der Waals surface area contributed by atoms with Crippen LogP contribution in [0.4, 0.5) is 10.1 Å². The standard InChI is InChI=1S/C17H15ClFNO4/c1-11(17(22)20-15-5-3-2-4-14(15)19)24-16(21)10-23-13-8-6-12(18)7-9-13/h2-9,11H,10H2,1H3,(H,20,22)/t11-/m0/s1. The Bertz CT molecular complexity index is 721. The number of para-hydroxylation sites is 1. The number of halogens is 2. The van der Waals surface area contributed by atoms with E-state index in [4.69, 9.17) is 21.1 Å². The van der Waals surface area contributed by atoms with Crippen molar-refractivity contribution in [3.05, 3.63) is 59.4 Å². The SMILES string of the molecule is C[C@H](OC(=O)COc1ccc(Cl)cc1)C(=O)Nc1ccccc1F. The molecule has 0 fully saturated rings. The van der Waals surface area contributed by atoms with E-state index in [2.05, 4.69) is 5.32 Å². The largest absolute Gasteiger partial charge is 0.482 e. The molecular weight excluding hydrogens is 337 g/mol. The van der Waals surface area contributed by atoms with Gasteiger partial charge in [-0.15, -0.1) is 0 Å². The summed E-state index contributed by atoms with van der Waals surface area (Å²) in [7, 11) is 0. The number of anilines is 1. The number of carbonyl (C=O) groups excluding carboxylic acids is 2. The zero-order valence-corrected chi connectivity index (χ0v) is 13.5. The molecule has 1 atom stereocenters. The zero-order valence-electron chi connectivity index (χ0n) is 12.8. The van der Waals surface area contributed by atoms with E-state index in [1.807, 2.05) is 0 Å². The van der Waals surface area contributed by atoms with Crippen molar-refractivity contribution in [2.24, 2.45) is 0 Å². The third-order valence-corrected chi connectivity index (χ3v) is 3.23. The number of carbonyl (C=O) groups is 2. The lowest BCUT2D eigenvalue weighted by molar-refractivity contribution is -0.155. The summed E-state index contributed by atoms with van der Waals surface area (Å²) < 4.78 is 23.6. The first-order chi connectivity index (χ1) is 11.5.